The molecule has 1 aliphatic rings. The molecular formula is C27H37N5O. The summed E-state index contributed by atoms with van der Waals surface area (Å²) >= 11 is 0. The van der Waals surface area contributed by atoms with Crippen LogP contribution >= 0.6 is 0 Å². The van der Waals surface area contributed by atoms with Crippen LogP contribution in [0, 0.1) is 12.3 Å². The molecule has 0 bridgehead atoms. The maximum atomic E-state index is 13.2. The van der Waals surface area contributed by atoms with Gasteiger partial charge in [-0.1, -0.05) is 32.0 Å². The van der Waals surface area contributed by atoms with E-state index in [0.29, 0.717) is 17.5 Å². The van der Waals surface area contributed by atoms with Gasteiger partial charge in [0.15, 0.2) is 0 Å². The third-order valence-electron chi connectivity index (χ3n) is 6.40. The van der Waals surface area contributed by atoms with E-state index in [-0.39, 0.29) is 11.9 Å². The minimum absolute atomic E-state index is 0.0675. The predicted molar refractivity (Wildman–Crippen MR) is 138 cm³/mol. The zero-order valence-corrected chi connectivity index (χ0v) is 20.6. The molecule has 4 N–H and O–H groups in total. The van der Waals surface area contributed by atoms with E-state index in [1.54, 1.807) is 0 Å². The molecule has 0 aromatic heterocycles. The highest BCUT2D eigenvalue weighted by molar-refractivity contribution is 6.08. The molecule has 1 amide bonds. The molecule has 1 aliphatic heterocycles. The second kappa shape index (κ2) is 10.7. The molecule has 2 aromatic carbocycles. The van der Waals surface area contributed by atoms with Crippen molar-refractivity contribution in [1.29, 1.82) is 5.41 Å². The average molecular weight is 448 g/mol. The number of rotatable bonds is 9. The predicted octanol–water partition coefficient (Wildman–Crippen LogP) is 4.23. The van der Waals surface area contributed by atoms with Crippen molar-refractivity contribution in [2.75, 3.05) is 32.1 Å². The van der Waals surface area contributed by atoms with Crippen LogP contribution in [0.5, 0.6) is 0 Å². The van der Waals surface area contributed by atoms with E-state index in [4.69, 9.17) is 5.41 Å². The third kappa shape index (κ3) is 5.63. The van der Waals surface area contributed by atoms with Gasteiger partial charge < -0.3 is 26.3 Å². The number of carbonyl (C=O) groups is 1. The van der Waals surface area contributed by atoms with Gasteiger partial charge >= 0.3 is 0 Å². The van der Waals surface area contributed by atoms with Crippen LogP contribution in [-0.4, -0.2) is 45.3 Å². The molecule has 2 aromatic rings. The number of benzene rings is 2. The molecular weight excluding hydrogens is 410 g/mol. The largest absolute Gasteiger partial charge is 0.393 e. The van der Waals surface area contributed by atoms with Crippen molar-refractivity contribution >= 4 is 23.4 Å². The second-order valence-corrected chi connectivity index (χ2v) is 9.16. The van der Waals surface area contributed by atoms with Crippen LogP contribution in [0.4, 0.5) is 5.69 Å². The smallest absolute Gasteiger partial charge is 0.252 e. The number of carbonyl (C=O) groups excluding carboxylic acids is 1. The van der Waals surface area contributed by atoms with Crippen molar-refractivity contribution in [2.45, 2.75) is 45.7 Å². The molecule has 1 heterocycles. The minimum Gasteiger partial charge on any atom is -0.393 e. The number of hydrogen-bond donors (Lipinski definition) is 4. The van der Waals surface area contributed by atoms with Crippen molar-refractivity contribution < 1.29 is 4.79 Å². The Balaban J connectivity index is 1.84. The van der Waals surface area contributed by atoms with Gasteiger partial charge in [0.05, 0.1) is 6.04 Å². The van der Waals surface area contributed by atoms with Crippen LogP contribution in [0.15, 0.2) is 42.6 Å². The molecule has 176 valence electrons. The first kappa shape index (κ1) is 24.5. The fraction of sp³-hybridized carbons (Fsp3) is 0.407. The standard InChI is InChI=1S/C27H37N5O/c1-17(2)20-9-21(11-22(10-20)23(13-28)14-29-5)19(4)31-27(33)26-12-25(8-7-18(26)3)32-15-24(16-32)30-6/h7-14,17,19,24,28-30H,15-16H2,1-6H3,(H,31,33)/b23-14+,28-13?/t19-/m1/s1. The van der Waals surface area contributed by atoms with Crippen molar-refractivity contribution in [2.24, 2.45) is 0 Å². The summed E-state index contributed by atoms with van der Waals surface area (Å²) in [4.78, 5) is 15.5. The van der Waals surface area contributed by atoms with E-state index in [1.165, 1.54) is 11.8 Å². The lowest BCUT2D eigenvalue weighted by Gasteiger charge is -2.41. The lowest BCUT2D eigenvalue weighted by molar-refractivity contribution is 0.0939. The topological polar surface area (TPSA) is 80.2 Å². The van der Waals surface area contributed by atoms with Crippen molar-refractivity contribution in [3.63, 3.8) is 0 Å². The van der Waals surface area contributed by atoms with E-state index in [1.807, 2.05) is 46.3 Å². The molecule has 1 saturated heterocycles. The van der Waals surface area contributed by atoms with Gasteiger partial charge in [-0.3, -0.25) is 4.79 Å². The minimum atomic E-state index is -0.169. The molecule has 33 heavy (non-hydrogen) atoms. The molecule has 0 unspecified atom stereocenters. The third-order valence-corrected chi connectivity index (χ3v) is 6.40. The zero-order chi connectivity index (χ0) is 24.1. The van der Waals surface area contributed by atoms with Crippen LogP contribution in [0.2, 0.25) is 0 Å². The summed E-state index contributed by atoms with van der Waals surface area (Å²) in [7, 11) is 3.81. The van der Waals surface area contributed by atoms with Crippen LogP contribution in [-0.2, 0) is 0 Å². The van der Waals surface area contributed by atoms with Crippen LogP contribution in [0.3, 0.4) is 0 Å². The average Bonchev–Trinajstić information content (AvgIpc) is 2.77. The Bertz CT molecular complexity index is 1040. The maximum absolute atomic E-state index is 13.2. The van der Waals surface area contributed by atoms with Crippen molar-refractivity contribution in [3.05, 3.63) is 70.4 Å². The molecule has 6 heteroatoms. The summed E-state index contributed by atoms with van der Waals surface area (Å²) in [5.41, 5.74) is 6.75. The Kier molecular flexibility index (Phi) is 7.92. The Labute approximate surface area is 198 Å². The first-order valence-corrected chi connectivity index (χ1v) is 11.6. The van der Waals surface area contributed by atoms with Crippen LogP contribution < -0.4 is 20.9 Å². The second-order valence-electron chi connectivity index (χ2n) is 9.16. The number of nitrogens with zero attached hydrogens (tertiary/aromatic N) is 1. The van der Waals surface area contributed by atoms with Crippen LogP contribution in [0.25, 0.3) is 5.57 Å². The number of amides is 1. The first-order valence-electron chi connectivity index (χ1n) is 11.6. The van der Waals surface area contributed by atoms with Gasteiger partial charge in [-0.25, -0.2) is 0 Å². The zero-order valence-electron chi connectivity index (χ0n) is 20.6. The summed E-state index contributed by atoms with van der Waals surface area (Å²) in [5.74, 6) is 0.271. The van der Waals surface area contributed by atoms with Crippen molar-refractivity contribution in [1.82, 2.24) is 16.0 Å². The molecule has 3 rings (SSSR count). The first-order chi connectivity index (χ1) is 15.8. The highest BCUT2D eigenvalue weighted by Gasteiger charge is 2.26. The summed E-state index contributed by atoms with van der Waals surface area (Å²) in [6.45, 7) is 10.2. The molecule has 6 nitrogen and oxygen atoms in total. The summed E-state index contributed by atoms with van der Waals surface area (Å²) in [6.07, 6.45) is 3.18. The van der Waals surface area contributed by atoms with Crippen molar-refractivity contribution in [3.8, 4) is 0 Å². The molecule has 0 aliphatic carbocycles. The van der Waals surface area contributed by atoms with Gasteiger partial charge in [-0.05, 0) is 67.3 Å². The van der Waals surface area contributed by atoms with E-state index < -0.39 is 0 Å². The lowest BCUT2D eigenvalue weighted by atomic mass is 9.92. The maximum Gasteiger partial charge on any atom is 0.252 e. The number of nitrogens with one attached hydrogen (secondary N) is 4. The summed E-state index contributed by atoms with van der Waals surface area (Å²) < 4.78 is 0. The number of aryl methyl sites for hydroxylation is 1. The van der Waals surface area contributed by atoms with Gasteiger partial charge in [-0.2, -0.15) is 0 Å². The molecule has 0 spiro atoms. The number of anilines is 1. The van der Waals surface area contributed by atoms with Gasteiger partial charge in [0, 0.05) is 55.4 Å². The van der Waals surface area contributed by atoms with Crippen LogP contribution in [0.1, 0.15) is 65.3 Å². The summed E-state index contributed by atoms with van der Waals surface area (Å²) in [5, 5.41) is 17.3. The molecule has 0 saturated carbocycles. The summed E-state index contributed by atoms with van der Waals surface area (Å²) in [6, 6.07) is 12.8. The lowest BCUT2D eigenvalue weighted by Crippen LogP contribution is -2.57. The Morgan fingerprint density at radius 2 is 1.79 bits per heavy atom. The van der Waals surface area contributed by atoms with Gasteiger partial charge in [0.1, 0.15) is 0 Å². The Hall–Kier alpha value is -3.12. The normalized spacial score (nSPS) is 15.2. The monoisotopic (exact) mass is 447 g/mol. The fourth-order valence-corrected chi connectivity index (χ4v) is 4.07. The quantitative estimate of drug-likeness (QED) is 0.434. The van der Waals surface area contributed by atoms with Gasteiger partial charge in [0.2, 0.25) is 0 Å². The Morgan fingerprint density at radius 3 is 2.39 bits per heavy atom. The Morgan fingerprint density at radius 1 is 1.09 bits per heavy atom. The SMILES string of the molecule is CN/C=C(\C=N)c1cc(C(C)C)cc([C@@H](C)NC(=O)c2cc(N3CC(NC)C3)ccc2C)c1. The molecule has 1 atom stereocenters. The van der Waals surface area contributed by atoms with E-state index >= 15 is 0 Å². The highest BCUT2D eigenvalue weighted by atomic mass is 16.1. The number of likely N-dealkylation sites (N-methyl/N-ethyl adjacent to an activating group) is 1. The highest BCUT2D eigenvalue weighted by Crippen LogP contribution is 2.27. The molecule has 0 radical (unpaired) electrons. The number of hydrogen-bond acceptors (Lipinski definition) is 5. The number of allylic oxidation sites excluding steroid dienone is 1. The van der Waals surface area contributed by atoms with E-state index in [2.05, 4.69) is 59.0 Å². The van der Waals surface area contributed by atoms with Gasteiger partial charge in [-0.15, -0.1) is 0 Å². The van der Waals surface area contributed by atoms with Gasteiger partial charge in [0.25, 0.3) is 5.91 Å². The van der Waals surface area contributed by atoms with E-state index in [9.17, 15) is 4.79 Å². The fourth-order valence-electron chi connectivity index (χ4n) is 4.07. The van der Waals surface area contributed by atoms with E-state index in [0.717, 1.165) is 41.0 Å². The molecule has 1 fully saturated rings.